The smallest absolute Gasteiger partial charge is 0.410 e. The summed E-state index contributed by atoms with van der Waals surface area (Å²) in [5, 5.41) is 7.96. The lowest BCUT2D eigenvalue weighted by atomic mass is 9.99. The van der Waals surface area contributed by atoms with E-state index in [-0.39, 0.29) is 18.5 Å². The van der Waals surface area contributed by atoms with Crippen LogP contribution in [-0.2, 0) is 16.0 Å². The van der Waals surface area contributed by atoms with Crippen molar-refractivity contribution in [1.29, 1.82) is 0 Å². The molecule has 1 saturated heterocycles. The van der Waals surface area contributed by atoms with Crippen molar-refractivity contribution < 1.29 is 19.1 Å². The van der Waals surface area contributed by atoms with Gasteiger partial charge in [0.15, 0.2) is 0 Å². The van der Waals surface area contributed by atoms with Crippen LogP contribution in [0.25, 0.3) is 22.0 Å². The van der Waals surface area contributed by atoms with Gasteiger partial charge in [-0.3, -0.25) is 4.79 Å². The number of methoxy groups -OCH3 is 1. The summed E-state index contributed by atoms with van der Waals surface area (Å²) >= 11 is 13.4. The first-order valence-electron chi connectivity index (χ1n) is 12.9. The predicted octanol–water partition coefficient (Wildman–Crippen LogP) is 5.88. The van der Waals surface area contributed by atoms with Gasteiger partial charge in [-0.1, -0.05) is 42.8 Å². The summed E-state index contributed by atoms with van der Waals surface area (Å²) in [6.45, 7) is 11.5. The average Bonchev–Trinajstić information content (AvgIpc) is 3.30. The minimum Gasteiger partial charge on any atom is -0.495 e. The molecule has 2 amide bonds. The lowest BCUT2D eigenvalue weighted by Gasteiger charge is -2.24. The van der Waals surface area contributed by atoms with Crippen molar-refractivity contribution in [3.05, 3.63) is 58.7 Å². The van der Waals surface area contributed by atoms with Gasteiger partial charge < -0.3 is 25.0 Å². The molecular weight excluding hydrogens is 553 g/mol. The molecular formula is C29H33Cl2N5O4. The molecule has 11 heteroatoms. The number of aryl methyl sites for hydroxylation is 1. The normalized spacial score (nSPS) is 17.0. The number of carbonyl (C=O) groups is 2. The number of aromatic nitrogens is 2. The Morgan fingerprint density at radius 1 is 1.18 bits per heavy atom. The summed E-state index contributed by atoms with van der Waals surface area (Å²) in [5.41, 5.74) is 2.50. The van der Waals surface area contributed by atoms with Gasteiger partial charge in [-0.2, -0.15) is 0 Å². The summed E-state index contributed by atoms with van der Waals surface area (Å²) in [7, 11) is 1.57. The third-order valence-electron chi connectivity index (χ3n) is 6.51. The maximum absolute atomic E-state index is 12.7. The van der Waals surface area contributed by atoms with E-state index in [0.29, 0.717) is 39.4 Å². The van der Waals surface area contributed by atoms with Gasteiger partial charge in [-0.05, 0) is 62.6 Å². The lowest BCUT2D eigenvalue weighted by molar-refractivity contribution is -0.117. The standard InChI is InChI=1S/C29H33Cl2N5O4/c1-7-16-12-22(39-6)26(31)24(25(16)30)17-9-10-19-18(11-17)13-32-27(34-19)35-21-15-36(28(38)40-29(3,4)5)14-20(21)33-23(37)8-2/h8-13,20-21H,2,7,14-15H2,1,3-6H3,(H,33,37)(H,32,34,35). The van der Waals surface area contributed by atoms with Gasteiger partial charge >= 0.3 is 6.09 Å². The molecule has 2 unspecified atom stereocenters. The van der Waals surface area contributed by atoms with Crippen molar-refractivity contribution in [2.24, 2.45) is 0 Å². The van der Waals surface area contributed by atoms with Crippen LogP contribution in [0.2, 0.25) is 10.0 Å². The van der Waals surface area contributed by atoms with E-state index in [1.54, 1.807) is 39.0 Å². The summed E-state index contributed by atoms with van der Waals surface area (Å²) in [6.07, 6.45) is 3.17. The van der Waals surface area contributed by atoms with Crippen LogP contribution in [0.1, 0.15) is 33.3 Å². The molecule has 9 nitrogen and oxygen atoms in total. The molecule has 2 heterocycles. The zero-order valence-electron chi connectivity index (χ0n) is 23.2. The maximum Gasteiger partial charge on any atom is 0.410 e. The van der Waals surface area contributed by atoms with Crippen molar-refractivity contribution >= 4 is 52.1 Å². The molecule has 0 bridgehead atoms. The molecule has 2 N–H and O–H groups in total. The van der Waals surface area contributed by atoms with Crippen molar-refractivity contribution in [2.45, 2.75) is 51.8 Å². The number of halogens is 2. The molecule has 1 aromatic heterocycles. The minimum absolute atomic E-state index is 0.269. The highest BCUT2D eigenvalue weighted by molar-refractivity contribution is 6.40. The number of anilines is 1. The fourth-order valence-corrected chi connectivity index (χ4v) is 5.34. The molecule has 0 radical (unpaired) electrons. The molecule has 0 aliphatic carbocycles. The van der Waals surface area contributed by atoms with E-state index >= 15 is 0 Å². The third kappa shape index (κ3) is 6.42. The van der Waals surface area contributed by atoms with E-state index in [0.717, 1.165) is 22.9 Å². The number of benzene rings is 2. The van der Waals surface area contributed by atoms with E-state index in [2.05, 4.69) is 27.2 Å². The Morgan fingerprint density at radius 2 is 1.90 bits per heavy atom. The van der Waals surface area contributed by atoms with E-state index in [1.165, 1.54) is 6.08 Å². The number of hydrogen-bond donors (Lipinski definition) is 2. The fourth-order valence-electron chi connectivity index (χ4n) is 4.56. The van der Waals surface area contributed by atoms with Gasteiger partial charge in [0.05, 0.1) is 34.8 Å². The zero-order chi connectivity index (χ0) is 29.2. The number of ether oxygens (including phenoxy) is 2. The Hall–Kier alpha value is -3.56. The van der Waals surface area contributed by atoms with Crippen LogP contribution in [0.3, 0.4) is 0 Å². The Morgan fingerprint density at radius 3 is 2.55 bits per heavy atom. The van der Waals surface area contributed by atoms with Crippen LogP contribution >= 0.6 is 23.2 Å². The Balaban J connectivity index is 1.60. The number of carbonyl (C=O) groups excluding carboxylic acids is 2. The van der Waals surface area contributed by atoms with Crippen LogP contribution in [0, 0.1) is 0 Å². The van der Waals surface area contributed by atoms with Gasteiger partial charge in [0.25, 0.3) is 0 Å². The molecule has 212 valence electrons. The van der Waals surface area contributed by atoms with Gasteiger partial charge in [0.2, 0.25) is 11.9 Å². The molecule has 2 atom stereocenters. The number of amides is 2. The molecule has 4 rings (SSSR count). The molecule has 1 aliphatic heterocycles. The van der Waals surface area contributed by atoms with Gasteiger partial charge in [0, 0.05) is 30.2 Å². The average molecular weight is 587 g/mol. The monoisotopic (exact) mass is 585 g/mol. The van der Waals surface area contributed by atoms with Crippen molar-refractivity contribution in [1.82, 2.24) is 20.2 Å². The first-order valence-corrected chi connectivity index (χ1v) is 13.7. The number of hydrogen-bond acceptors (Lipinski definition) is 7. The number of nitrogens with zero attached hydrogens (tertiary/aromatic N) is 3. The van der Waals surface area contributed by atoms with E-state index in [1.807, 2.05) is 31.2 Å². The van der Waals surface area contributed by atoms with Crippen LogP contribution in [0.15, 0.2) is 43.1 Å². The second-order valence-corrected chi connectivity index (χ2v) is 11.3. The lowest BCUT2D eigenvalue weighted by Crippen LogP contribution is -2.45. The topological polar surface area (TPSA) is 106 Å². The molecule has 1 fully saturated rings. The van der Waals surface area contributed by atoms with Crippen LogP contribution < -0.4 is 15.4 Å². The second-order valence-electron chi connectivity index (χ2n) is 10.5. The molecule has 0 saturated carbocycles. The molecule has 40 heavy (non-hydrogen) atoms. The number of fused-ring (bicyclic) bond motifs is 1. The zero-order valence-corrected chi connectivity index (χ0v) is 24.7. The first-order chi connectivity index (χ1) is 18.9. The summed E-state index contributed by atoms with van der Waals surface area (Å²) in [4.78, 5) is 35.5. The van der Waals surface area contributed by atoms with E-state index < -0.39 is 17.7 Å². The molecule has 1 aliphatic rings. The number of rotatable bonds is 7. The maximum atomic E-state index is 12.7. The van der Waals surface area contributed by atoms with Crippen molar-refractivity contribution in [2.75, 3.05) is 25.5 Å². The minimum atomic E-state index is -0.639. The van der Waals surface area contributed by atoms with Crippen LogP contribution in [0.4, 0.5) is 10.7 Å². The summed E-state index contributed by atoms with van der Waals surface area (Å²) < 4.78 is 11.0. The third-order valence-corrected chi connectivity index (χ3v) is 7.32. The Kier molecular flexibility index (Phi) is 8.75. The first kappa shape index (κ1) is 29.4. The number of likely N-dealkylation sites (tertiary alicyclic amines) is 1. The summed E-state index contributed by atoms with van der Waals surface area (Å²) in [6, 6.07) is 6.80. The summed E-state index contributed by atoms with van der Waals surface area (Å²) in [5.74, 6) is 0.583. The van der Waals surface area contributed by atoms with Crippen molar-refractivity contribution in [3.63, 3.8) is 0 Å². The van der Waals surface area contributed by atoms with E-state index in [4.69, 9.17) is 32.7 Å². The highest BCUT2D eigenvalue weighted by atomic mass is 35.5. The van der Waals surface area contributed by atoms with Crippen LogP contribution in [0.5, 0.6) is 5.75 Å². The highest BCUT2D eigenvalue weighted by Crippen LogP contribution is 2.43. The molecule has 0 spiro atoms. The predicted molar refractivity (Wildman–Crippen MR) is 158 cm³/mol. The highest BCUT2D eigenvalue weighted by Gasteiger charge is 2.38. The fraction of sp³-hybridized carbons (Fsp3) is 0.379. The Bertz CT molecular complexity index is 1430. The Labute approximate surface area is 243 Å². The van der Waals surface area contributed by atoms with Gasteiger partial charge in [-0.15, -0.1) is 0 Å². The van der Waals surface area contributed by atoms with Crippen molar-refractivity contribution in [3.8, 4) is 16.9 Å². The quantitative estimate of drug-likeness (QED) is 0.334. The van der Waals surface area contributed by atoms with Gasteiger partial charge in [0.1, 0.15) is 11.4 Å². The van der Waals surface area contributed by atoms with Crippen LogP contribution in [-0.4, -0.2) is 64.8 Å². The largest absolute Gasteiger partial charge is 0.495 e. The number of nitrogens with one attached hydrogen (secondary N) is 2. The molecule has 3 aromatic rings. The molecule has 2 aromatic carbocycles. The second kappa shape index (κ2) is 11.9. The van der Waals surface area contributed by atoms with Gasteiger partial charge in [-0.25, -0.2) is 14.8 Å². The SMILES string of the molecule is C=CC(=O)NC1CN(C(=O)OC(C)(C)C)CC1Nc1ncc2cc(-c3c(Cl)c(CC)cc(OC)c3Cl)ccc2n1. The van der Waals surface area contributed by atoms with E-state index in [9.17, 15) is 9.59 Å².